The first-order valence-electron chi connectivity index (χ1n) is 12.8. The second-order valence-corrected chi connectivity index (χ2v) is 11.1. The van der Waals surface area contributed by atoms with E-state index in [0.29, 0.717) is 58.6 Å². The Morgan fingerprint density at radius 1 is 1.10 bits per heavy atom. The van der Waals surface area contributed by atoms with Crippen LogP contribution in [0.1, 0.15) is 57.8 Å². The molecule has 2 aromatic heterocycles. The first-order chi connectivity index (χ1) is 20.1. The van der Waals surface area contributed by atoms with Gasteiger partial charge in [0.15, 0.2) is 23.2 Å². The molecule has 14 heteroatoms. The van der Waals surface area contributed by atoms with Gasteiger partial charge in [-0.2, -0.15) is 13.2 Å². The topological polar surface area (TPSA) is 102 Å². The van der Waals surface area contributed by atoms with Gasteiger partial charge < -0.3 is 18.6 Å². The zero-order chi connectivity index (χ0) is 30.0. The zero-order valence-electron chi connectivity index (χ0n) is 22.8. The van der Waals surface area contributed by atoms with Crippen molar-refractivity contribution in [2.45, 2.75) is 42.4 Å². The van der Waals surface area contributed by atoms with Crippen molar-refractivity contribution in [1.82, 2.24) is 19.7 Å². The summed E-state index contributed by atoms with van der Waals surface area (Å²) in [6, 6.07) is 10.1. The van der Waals surface area contributed by atoms with Crippen LogP contribution in [0.15, 0.2) is 47.0 Å². The van der Waals surface area contributed by atoms with Crippen LogP contribution in [-0.2, 0) is 28.5 Å². The molecule has 0 N–H and O–H groups in total. The van der Waals surface area contributed by atoms with E-state index >= 15 is 0 Å². The van der Waals surface area contributed by atoms with Crippen LogP contribution in [0.4, 0.5) is 13.2 Å². The summed E-state index contributed by atoms with van der Waals surface area (Å²) >= 11 is 7.80. The predicted octanol–water partition coefficient (Wildman–Crippen LogP) is 6.56. The number of nitrogens with zero attached hydrogens (tertiary/aromatic N) is 4. The molecule has 222 valence electrons. The van der Waals surface area contributed by atoms with Crippen molar-refractivity contribution in [3.8, 4) is 17.2 Å². The SMILES string of the molecule is COC(=O)CCc1cnc(CC[C@H]2S[C@H](c3cccc(OC)c3OC)c3cc(Cl)ccc3-n3c2nnc3C(F)(F)F)o1. The fraction of sp³-hybridized carbons (Fsp3) is 0.357. The van der Waals surface area contributed by atoms with Gasteiger partial charge in [0.25, 0.3) is 0 Å². The lowest BCUT2D eigenvalue weighted by atomic mass is 10.0. The number of fused-ring (bicyclic) bond motifs is 3. The highest BCUT2D eigenvalue weighted by Crippen LogP contribution is 2.54. The van der Waals surface area contributed by atoms with E-state index in [1.54, 1.807) is 24.3 Å². The van der Waals surface area contributed by atoms with Crippen molar-refractivity contribution in [1.29, 1.82) is 0 Å². The van der Waals surface area contributed by atoms with E-state index in [4.69, 9.17) is 25.5 Å². The molecular formula is C28H26ClF3N4O5S. The highest BCUT2D eigenvalue weighted by atomic mass is 35.5. The number of hydrogen-bond acceptors (Lipinski definition) is 9. The molecule has 1 aliphatic rings. The van der Waals surface area contributed by atoms with Gasteiger partial charge in [-0.05, 0) is 36.2 Å². The lowest BCUT2D eigenvalue weighted by molar-refractivity contribution is -0.146. The number of halogens is 4. The number of aryl methyl sites for hydroxylation is 2. The Kier molecular flexibility index (Phi) is 8.69. The van der Waals surface area contributed by atoms with Gasteiger partial charge in [0, 0.05) is 23.4 Å². The Morgan fingerprint density at radius 3 is 2.62 bits per heavy atom. The normalized spacial score (nSPS) is 16.4. The van der Waals surface area contributed by atoms with Gasteiger partial charge in [0.1, 0.15) is 5.76 Å². The molecule has 0 saturated heterocycles. The Balaban J connectivity index is 1.58. The number of methoxy groups -OCH3 is 3. The van der Waals surface area contributed by atoms with E-state index in [1.165, 1.54) is 45.4 Å². The summed E-state index contributed by atoms with van der Waals surface area (Å²) in [5, 5.41) is 6.88. The number of aromatic nitrogens is 4. The number of esters is 1. The number of ether oxygens (including phenoxy) is 3. The van der Waals surface area contributed by atoms with Crippen LogP contribution in [0, 0.1) is 0 Å². The zero-order valence-corrected chi connectivity index (χ0v) is 24.3. The quantitative estimate of drug-likeness (QED) is 0.192. The van der Waals surface area contributed by atoms with E-state index in [0.717, 1.165) is 4.57 Å². The minimum atomic E-state index is -4.76. The summed E-state index contributed by atoms with van der Waals surface area (Å²) in [5.41, 5.74) is 1.50. The molecule has 0 amide bonds. The number of carbonyl (C=O) groups excluding carboxylic acids is 1. The molecular weight excluding hydrogens is 597 g/mol. The van der Waals surface area contributed by atoms with E-state index in [9.17, 15) is 18.0 Å². The van der Waals surface area contributed by atoms with Crippen LogP contribution in [0.2, 0.25) is 5.02 Å². The van der Waals surface area contributed by atoms with E-state index in [-0.39, 0.29) is 23.9 Å². The van der Waals surface area contributed by atoms with Gasteiger partial charge in [0.2, 0.25) is 5.82 Å². The summed E-state index contributed by atoms with van der Waals surface area (Å²) < 4.78 is 65.5. The number of benzene rings is 2. The van der Waals surface area contributed by atoms with Crippen LogP contribution in [-0.4, -0.2) is 47.0 Å². The Bertz CT molecular complexity index is 1590. The molecule has 9 nitrogen and oxygen atoms in total. The molecule has 1 aliphatic heterocycles. The summed E-state index contributed by atoms with van der Waals surface area (Å²) in [5.74, 6) is 0.462. The minimum Gasteiger partial charge on any atom is -0.493 e. The molecule has 2 aromatic carbocycles. The van der Waals surface area contributed by atoms with Crippen molar-refractivity contribution in [3.63, 3.8) is 0 Å². The number of alkyl halides is 3. The Hall–Kier alpha value is -3.71. The number of para-hydroxylation sites is 1. The molecule has 0 saturated carbocycles. The molecule has 4 aromatic rings. The van der Waals surface area contributed by atoms with Crippen LogP contribution >= 0.6 is 23.4 Å². The highest BCUT2D eigenvalue weighted by Gasteiger charge is 2.43. The smallest absolute Gasteiger partial charge is 0.452 e. The highest BCUT2D eigenvalue weighted by molar-refractivity contribution is 8.00. The van der Waals surface area contributed by atoms with Crippen molar-refractivity contribution in [2.24, 2.45) is 0 Å². The van der Waals surface area contributed by atoms with Gasteiger partial charge in [-0.25, -0.2) is 4.98 Å². The first-order valence-corrected chi connectivity index (χ1v) is 14.2. The van der Waals surface area contributed by atoms with E-state index < -0.39 is 22.5 Å². The molecule has 0 unspecified atom stereocenters. The molecule has 0 fully saturated rings. The maximum Gasteiger partial charge on any atom is 0.452 e. The van der Waals surface area contributed by atoms with Crippen molar-refractivity contribution >= 4 is 29.3 Å². The van der Waals surface area contributed by atoms with E-state index in [2.05, 4.69) is 19.9 Å². The fourth-order valence-corrected chi connectivity index (χ4v) is 6.59. The number of thioether (sulfide) groups is 1. The second kappa shape index (κ2) is 12.3. The molecule has 0 bridgehead atoms. The molecule has 3 heterocycles. The summed E-state index contributed by atoms with van der Waals surface area (Å²) in [7, 11) is 4.33. The molecule has 0 radical (unpaired) electrons. The van der Waals surface area contributed by atoms with Crippen LogP contribution in [0.3, 0.4) is 0 Å². The molecule has 0 spiro atoms. The van der Waals surface area contributed by atoms with Gasteiger partial charge in [-0.15, -0.1) is 22.0 Å². The van der Waals surface area contributed by atoms with Crippen molar-refractivity contribution < 1.29 is 36.6 Å². The van der Waals surface area contributed by atoms with Crippen molar-refractivity contribution in [3.05, 3.63) is 82.0 Å². The molecule has 2 atom stereocenters. The second-order valence-electron chi connectivity index (χ2n) is 9.34. The number of carbonyl (C=O) groups is 1. The predicted molar refractivity (Wildman–Crippen MR) is 148 cm³/mol. The average Bonchev–Trinajstić information content (AvgIpc) is 3.60. The fourth-order valence-electron chi connectivity index (χ4n) is 4.88. The lowest BCUT2D eigenvalue weighted by Gasteiger charge is -2.24. The third kappa shape index (κ3) is 5.93. The Morgan fingerprint density at radius 2 is 1.90 bits per heavy atom. The number of hydrogen-bond donors (Lipinski definition) is 0. The minimum absolute atomic E-state index is 0.137. The summed E-state index contributed by atoms with van der Waals surface area (Å²) in [6.07, 6.45) is -2.16. The van der Waals surface area contributed by atoms with Gasteiger partial charge in [-0.1, -0.05) is 23.7 Å². The third-order valence-corrected chi connectivity index (χ3v) is 8.57. The monoisotopic (exact) mass is 622 g/mol. The summed E-state index contributed by atoms with van der Waals surface area (Å²) in [4.78, 5) is 15.8. The largest absolute Gasteiger partial charge is 0.493 e. The standard InChI is InChI=1S/C28H26ClF3N4O5S/c1-38-20-6-4-5-17(24(20)40-3)25-18-13-15(29)7-9-19(18)36-26(34-35-27(36)28(30,31)32)21(42-25)10-11-22-33-14-16(41-22)8-12-23(37)39-2/h4-7,9,13-14,21,25H,8,10-12H2,1-3H3/t21-,25-/m1/s1. The van der Waals surface area contributed by atoms with Gasteiger partial charge in [-0.3, -0.25) is 9.36 Å². The first kappa shape index (κ1) is 29.8. The number of oxazole rings is 1. The van der Waals surface area contributed by atoms with Gasteiger partial charge >= 0.3 is 12.1 Å². The molecule has 0 aliphatic carbocycles. The van der Waals surface area contributed by atoms with Crippen LogP contribution in [0.25, 0.3) is 5.69 Å². The molecule has 42 heavy (non-hydrogen) atoms. The average molecular weight is 623 g/mol. The maximum atomic E-state index is 14.2. The molecule has 5 rings (SSSR count). The van der Waals surface area contributed by atoms with Gasteiger partial charge in [0.05, 0.1) is 50.1 Å². The van der Waals surface area contributed by atoms with Crippen LogP contribution < -0.4 is 9.47 Å². The van der Waals surface area contributed by atoms with E-state index in [1.807, 2.05) is 6.07 Å². The summed E-state index contributed by atoms with van der Waals surface area (Å²) in [6.45, 7) is 0. The van der Waals surface area contributed by atoms with Crippen molar-refractivity contribution in [2.75, 3.05) is 21.3 Å². The third-order valence-electron chi connectivity index (χ3n) is 6.78. The Labute approximate surface area is 248 Å². The maximum absolute atomic E-state index is 14.2. The lowest BCUT2D eigenvalue weighted by Crippen LogP contribution is -2.16. The van der Waals surface area contributed by atoms with Crippen LogP contribution in [0.5, 0.6) is 11.5 Å². The number of rotatable bonds is 9.